The van der Waals surface area contributed by atoms with Gasteiger partial charge in [-0.05, 0) is 13.8 Å². The Morgan fingerprint density at radius 3 is 3.38 bits per heavy atom. The smallest absolute Gasteiger partial charge is 0.0643 e. The van der Waals surface area contributed by atoms with Gasteiger partial charge in [-0.3, -0.25) is 0 Å². The zero-order chi connectivity index (χ0) is 10.3. The molecule has 1 fully saturated rings. The second-order valence-corrected chi connectivity index (χ2v) is 2.00. The van der Waals surface area contributed by atoms with Crippen LogP contribution in [-0.2, 0) is 4.74 Å². The van der Waals surface area contributed by atoms with Gasteiger partial charge in [0.15, 0.2) is 0 Å². The first kappa shape index (κ1) is 2.27. The Bertz CT molecular complexity index is 204. The topological polar surface area (TPSA) is 21.3 Å². The summed E-state index contributed by atoms with van der Waals surface area (Å²) in [6.07, 6.45) is 0. The average molecular weight is 120 g/mol. The zero-order valence-corrected chi connectivity index (χ0v) is 4.82. The molecule has 0 aromatic rings. The van der Waals surface area contributed by atoms with Gasteiger partial charge in [0, 0.05) is 16.2 Å². The quantitative estimate of drug-likeness (QED) is 0.499. The van der Waals surface area contributed by atoms with Crippen LogP contribution in [0.1, 0.15) is 20.6 Å². The van der Waals surface area contributed by atoms with Crippen LogP contribution in [0.3, 0.4) is 0 Å². The first-order valence-corrected chi connectivity index (χ1v) is 2.60. The van der Waals surface area contributed by atoms with Crippen LogP contribution in [-0.4, -0.2) is 25.2 Å². The Labute approximate surface area is 57.2 Å². The van der Waals surface area contributed by atoms with E-state index in [1.165, 1.54) is 6.92 Å². The molecule has 1 saturated heterocycles. The highest BCUT2D eigenvalue weighted by Gasteiger charge is 2.19. The largest absolute Gasteiger partial charge is 0.378 e. The lowest BCUT2D eigenvalue weighted by Gasteiger charge is -2.30. The summed E-state index contributed by atoms with van der Waals surface area (Å²) in [6.45, 7) is -2.71. The first-order chi connectivity index (χ1) is 5.71. The predicted octanol–water partition coefficient (Wildman–Crippen LogP) is 0.385. The molecule has 1 aliphatic rings. The molecule has 0 aromatic heterocycles. The second kappa shape index (κ2) is 2.03. The fourth-order valence-electron chi connectivity index (χ4n) is 0.584. The van der Waals surface area contributed by atoms with Gasteiger partial charge in [0.25, 0.3) is 0 Å². The van der Waals surface area contributed by atoms with E-state index in [4.69, 9.17) is 11.6 Å². The average Bonchev–Trinajstić information content (AvgIpc) is 1.93. The van der Waals surface area contributed by atoms with E-state index in [2.05, 4.69) is 5.32 Å². The summed E-state index contributed by atoms with van der Waals surface area (Å²) in [5, 5.41) is 2.66. The van der Waals surface area contributed by atoms with Gasteiger partial charge in [-0.2, -0.15) is 0 Å². The SMILES string of the molecule is [2H]C([2H])([2H])C1(C)NCCOC1([2H])[2H]. The molecule has 1 rings (SSSR count). The Kier molecular flexibility index (Phi) is 0.578. The molecule has 0 saturated carbocycles. The minimum absolute atomic E-state index is 0.193. The van der Waals surface area contributed by atoms with E-state index >= 15 is 0 Å². The Morgan fingerprint density at radius 2 is 2.88 bits per heavy atom. The summed E-state index contributed by atoms with van der Waals surface area (Å²) in [6, 6.07) is 0. The molecule has 1 aliphatic heterocycles. The van der Waals surface area contributed by atoms with Crippen molar-refractivity contribution in [1.29, 1.82) is 0 Å². The Morgan fingerprint density at radius 1 is 2.00 bits per heavy atom. The van der Waals surface area contributed by atoms with Crippen molar-refractivity contribution < 1.29 is 11.6 Å². The maximum atomic E-state index is 7.46. The summed E-state index contributed by atoms with van der Waals surface area (Å²) in [7, 11) is 0. The van der Waals surface area contributed by atoms with Crippen LogP contribution in [0.4, 0.5) is 0 Å². The lowest BCUT2D eigenvalue weighted by molar-refractivity contribution is 0.0436. The molecule has 0 bridgehead atoms. The van der Waals surface area contributed by atoms with E-state index in [1.807, 2.05) is 0 Å². The molecular weight excluding hydrogens is 102 g/mol. The van der Waals surface area contributed by atoms with Gasteiger partial charge in [-0.1, -0.05) is 0 Å². The van der Waals surface area contributed by atoms with Crippen molar-refractivity contribution in [3.05, 3.63) is 0 Å². The molecule has 0 aromatic carbocycles. The van der Waals surface area contributed by atoms with Gasteiger partial charge >= 0.3 is 0 Å². The van der Waals surface area contributed by atoms with Gasteiger partial charge in [-0.25, -0.2) is 0 Å². The maximum absolute atomic E-state index is 7.46. The molecule has 0 amide bonds. The van der Waals surface area contributed by atoms with E-state index in [-0.39, 0.29) is 6.61 Å². The van der Waals surface area contributed by atoms with Crippen LogP contribution in [0.5, 0.6) is 0 Å². The molecule has 0 aliphatic carbocycles. The van der Waals surface area contributed by atoms with E-state index in [9.17, 15) is 0 Å². The zero-order valence-electron chi connectivity index (χ0n) is 9.82. The predicted molar refractivity (Wildman–Crippen MR) is 32.9 cm³/mol. The molecule has 2 nitrogen and oxygen atoms in total. The molecule has 1 heterocycles. The number of hydrogen-bond acceptors (Lipinski definition) is 2. The van der Waals surface area contributed by atoms with Crippen molar-refractivity contribution in [2.24, 2.45) is 0 Å². The lowest BCUT2D eigenvalue weighted by atomic mass is 10.1. The molecule has 0 radical (unpaired) electrons. The monoisotopic (exact) mass is 120 g/mol. The van der Waals surface area contributed by atoms with Crippen LogP contribution >= 0.6 is 0 Å². The normalized spacial score (nSPS) is 56.9. The lowest BCUT2D eigenvalue weighted by Crippen LogP contribution is -2.49. The van der Waals surface area contributed by atoms with Crippen LogP contribution in [0.2, 0.25) is 0 Å². The third-order valence-corrected chi connectivity index (χ3v) is 0.959. The molecule has 8 heavy (non-hydrogen) atoms. The van der Waals surface area contributed by atoms with Crippen molar-refractivity contribution in [3.8, 4) is 0 Å². The van der Waals surface area contributed by atoms with Crippen LogP contribution in [0, 0.1) is 0 Å². The van der Waals surface area contributed by atoms with Crippen molar-refractivity contribution in [2.75, 3.05) is 19.7 Å². The van der Waals surface area contributed by atoms with Crippen molar-refractivity contribution in [2.45, 2.75) is 19.3 Å². The minimum atomic E-state index is -2.42. The fraction of sp³-hybridized carbons (Fsp3) is 1.00. The maximum Gasteiger partial charge on any atom is 0.0643 e. The number of ether oxygens (including phenoxy) is 1. The fourth-order valence-corrected chi connectivity index (χ4v) is 0.584. The molecule has 1 N–H and O–H groups in total. The molecule has 2 heteroatoms. The number of nitrogens with one attached hydrogen (secondary N) is 1. The highest BCUT2D eigenvalue weighted by atomic mass is 16.5. The molecule has 48 valence electrons. The highest BCUT2D eigenvalue weighted by molar-refractivity contribution is 4.79. The van der Waals surface area contributed by atoms with E-state index in [0.29, 0.717) is 6.54 Å². The second-order valence-electron chi connectivity index (χ2n) is 2.00. The van der Waals surface area contributed by atoms with Crippen LogP contribution in [0.25, 0.3) is 0 Å². The number of morpholine rings is 1. The van der Waals surface area contributed by atoms with Gasteiger partial charge in [0.2, 0.25) is 0 Å². The van der Waals surface area contributed by atoms with E-state index in [0.717, 1.165) is 0 Å². The van der Waals surface area contributed by atoms with Gasteiger partial charge in [-0.15, -0.1) is 0 Å². The van der Waals surface area contributed by atoms with Crippen LogP contribution < -0.4 is 5.32 Å². The highest BCUT2D eigenvalue weighted by Crippen LogP contribution is 2.04. The Balaban J connectivity index is 2.98. The third-order valence-electron chi connectivity index (χ3n) is 0.959. The van der Waals surface area contributed by atoms with Gasteiger partial charge < -0.3 is 10.1 Å². The molecular formula is C6H13NO. The van der Waals surface area contributed by atoms with Crippen molar-refractivity contribution in [3.63, 3.8) is 0 Å². The van der Waals surface area contributed by atoms with Gasteiger partial charge in [0.05, 0.1) is 15.9 Å². The summed E-state index contributed by atoms with van der Waals surface area (Å²) in [5.41, 5.74) is -1.63. The third kappa shape index (κ3) is 1.46. The standard InChI is InChI=1S/C6H13NO/c1-6(2)5-8-4-3-7-6/h7H,3-5H2,1-2H3/i1D3,5D2. The van der Waals surface area contributed by atoms with E-state index < -0.39 is 18.9 Å². The molecule has 0 spiro atoms. The number of rotatable bonds is 0. The summed E-state index contributed by atoms with van der Waals surface area (Å²) >= 11 is 0. The summed E-state index contributed by atoms with van der Waals surface area (Å²) in [5.74, 6) is 0. The van der Waals surface area contributed by atoms with Crippen molar-refractivity contribution in [1.82, 2.24) is 5.32 Å². The molecule has 1 atom stereocenters. The summed E-state index contributed by atoms with van der Waals surface area (Å²) < 4.78 is 41.4. The van der Waals surface area contributed by atoms with E-state index in [1.54, 1.807) is 0 Å². The van der Waals surface area contributed by atoms with Crippen LogP contribution in [0.15, 0.2) is 0 Å². The molecule has 1 unspecified atom stereocenters. The minimum Gasteiger partial charge on any atom is -0.378 e. The first-order valence-electron chi connectivity index (χ1n) is 5.10. The number of hydrogen-bond donors (Lipinski definition) is 1. The summed E-state index contributed by atoms with van der Waals surface area (Å²) in [4.78, 5) is 0. The van der Waals surface area contributed by atoms with Crippen molar-refractivity contribution >= 4 is 0 Å². The Hall–Kier alpha value is -0.0800. The van der Waals surface area contributed by atoms with Gasteiger partial charge in [0.1, 0.15) is 0 Å².